The van der Waals surface area contributed by atoms with Crippen LogP contribution in [-0.2, 0) is 67.0 Å². The number of ether oxygens (including phenoxy) is 3. The van der Waals surface area contributed by atoms with Crippen LogP contribution < -0.4 is 26.6 Å². The second-order valence-electron chi connectivity index (χ2n) is 30.2. The number of rotatable bonds is 24. The topological polar surface area (TPSA) is 339 Å². The Kier molecular flexibility index (Phi) is 38.8. The summed E-state index contributed by atoms with van der Waals surface area (Å²) in [5.74, 6) is -10.5. The molecule has 0 aromatic rings. The third-order valence-electron chi connectivity index (χ3n) is 19.3. The maximum Gasteiger partial charge on any atom is 0.409 e. The van der Waals surface area contributed by atoms with Crippen LogP contribution >= 0.6 is 0 Å². The molecule has 29 heteroatoms. The fraction of sp³-hybridized carbons (Fsp3) is 0.833. The van der Waals surface area contributed by atoms with Gasteiger partial charge >= 0.3 is 6.09 Å². The monoisotopic (exact) mass is 1430 g/mol. The maximum absolute atomic E-state index is 15.2. The molecule has 0 aromatic heterocycles. The summed E-state index contributed by atoms with van der Waals surface area (Å²) in [6, 6.07) is -14.5. The van der Waals surface area contributed by atoms with Crippen molar-refractivity contribution in [3.63, 3.8) is 0 Å². The fourth-order valence-electron chi connectivity index (χ4n) is 12.7. The molecule has 2 heterocycles. The molecule has 2 rings (SSSR count). The molecule has 12 amide bonds. The van der Waals surface area contributed by atoms with Crippen molar-refractivity contribution in [2.24, 2.45) is 35.5 Å². The molecule has 2 saturated heterocycles. The Balaban J connectivity index is 2.98. The number of carbonyl (C=O) groups excluding carboxylic acids is 12. The number of morpholine rings is 1. The molecule has 14 atom stereocenters. The summed E-state index contributed by atoms with van der Waals surface area (Å²) >= 11 is 0. The van der Waals surface area contributed by atoms with Crippen LogP contribution in [0.25, 0.3) is 0 Å². The van der Waals surface area contributed by atoms with Crippen LogP contribution in [0.1, 0.15) is 175 Å². The van der Waals surface area contributed by atoms with E-state index in [0.29, 0.717) is 45.3 Å². The lowest BCUT2D eigenvalue weighted by Gasteiger charge is -2.40. The summed E-state index contributed by atoms with van der Waals surface area (Å²) in [6.45, 7) is 31.2. The van der Waals surface area contributed by atoms with Gasteiger partial charge < -0.3 is 80.2 Å². The molecule has 2 aliphatic rings. The number of aliphatic hydroxyl groups excluding tert-OH is 1. The molecule has 6 N–H and O–H groups in total. The maximum atomic E-state index is 15.2. The van der Waals surface area contributed by atoms with E-state index in [1.165, 1.54) is 87.6 Å². The summed E-state index contributed by atoms with van der Waals surface area (Å²) in [5.41, 5.74) is 0. The number of aliphatic hydroxyl groups is 1. The molecule has 0 unspecified atom stereocenters. The largest absolute Gasteiger partial charge is 0.449 e. The van der Waals surface area contributed by atoms with Crippen molar-refractivity contribution in [3.05, 3.63) is 0 Å². The van der Waals surface area contributed by atoms with Gasteiger partial charge in [-0.25, -0.2) is 4.79 Å². The predicted molar refractivity (Wildman–Crippen MR) is 385 cm³/mol. The van der Waals surface area contributed by atoms with Gasteiger partial charge in [-0.2, -0.15) is 0 Å². The van der Waals surface area contributed by atoms with Crippen molar-refractivity contribution in [1.82, 2.24) is 65.8 Å². The van der Waals surface area contributed by atoms with Crippen molar-refractivity contribution < 1.29 is 76.9 Å². The average molecular weight is 1430 g/mol. The van der Waals surface area contributed by atoms with E-state index in [4.69, 9.17) is 14.2 Å². The van der Waals surface area contributed by atoms with Crippen molar-refractivity contribution in [3.8, 4) is 0 Å². The Morgan fingerprint density at radius 1 is 0.505 bits per heavy atom. The second kappa shape index (κ2) is 43.4. The number of likely N-dealkylation sites (N-methyl/N-ethyl adjacent to an activating group) is 6. The molecule has 0 radical (unpaired) electrons. The van der Waals surface area contributed by atoms with Crippen molar-refractivity contribution in [1.29, 1.82) is 0 Å². The van der Waals surface area contributed by atoms with Gasteiger partial charge in [0, 0.05) is 76.1 Å². The van der Waals surface area contributed by atoms with Gasteiger partial charge in [-0.15, -0.1) is 0 Å². The van der Waals surface area contributed by atoms with Crippen molar-refractivity contribution in [2.45, 2.75) is 254 Å². The van der Waals surface area contributed by atoms with Crippen LogP contribution in [0.4, 0.5) is 4.79 Å². The van der Waals surface area contributed by atoms with Gasteiger partial charge in [-0.3, -0.25) is 57.6 Å². The minimum atomic E-state index is -1.74. The standard InChI is InChI=1S/C72H131N13O16/c1-25-52-68(94)79(19)50(15)67(93)84(24)59(51(16)100-35-30-28-32-85-33-37-99-38-34-85)65(91)76-56(45(8)9)71(97)80(20)53(39-42(2)3)62(88)73-48(13)61(87)74-49(14)66(92)81(21)54(40-43(4)5)69(95)82(22)55(41-44(6)7)70(96)83(23)58(46(10)11)64(90)77-57(63(89)75-52)60(86)47(12)31-27-26-29-36-101-72(98)78(17)18/h42-60,86H,25-41H2,1-24H3,(H,73,88)(H,74,87)(H,75,89)(H,76,91)(H,77,90)/t47-,48+,49-,50-,51-,52+,53+,54+,55+,56+,57+,58+,59+,60-/m1/s1. The minimum absolute atomic E-state index is 0.0407. The number of carbonyl (C=O) groups is 12. The van der Waals surface area contributed by atoms with E-state index in [2.05, 4.69) is 31.5 Å². The first-order valence-electron chi connectivity index (χ1n) is 36.6. The van der Waals surface area contributed by atoms with Gasteiger partial charge in [-0.1, -0.05) is 95.9 Å². The highest BCUT2D eigenvalue weighted by Crippen LogP contribution is 2.25. The van der Waals surface area contributed by atoms with E-state index in [1.54, 1.807) is 62.6 Å². The van der Waals surface area contributed by atoms with Gasteiger partial charge in [0.25, 0.3) is 0 Å². The van der Waals surface area contributed by atoms with Crippen molar-refractivity contribution in [2.75, 3.05) is 102 Å². The molecule has 0 aliphatic carbocycles. The molecule has 0 saturated carbocycles. The van der Waals surface area contributed by atoms with E-state index in [9.17, 15) is 33.9 Å². The van der Waals surface area contributed by atoms with E-state index in [0.717, 1.165) is 35.9 Å². The molecule has 2 fully saturated rings. The molecular formula is C72H131N13O16. The highest BCUT2D eigenvalue weighted by atomic mass is 16.6. The van der Waals surface area contributed by atoms with E-state index in [1.807, 2.05) is 41.5 Å². The summed E-state index contributed by atoms with van der Waals surface area (Å²) in [7, 11) is 11.6. The SMILES string of the molecule is CC[C@@H]1NC(=O)[C@H]([C@H](O)[C@H](C)CCCCCOC(=O)N(C)C)NC(=O)[C@H](C(C)C)N(C)C(=O)[C@H](CC(C)C)N(C)C(=O)[C@H](CC(C)C)N(C)C(=O)[C@@H](C)NC(=O)[C@H](C)NC(=O)[C@H](CC(C)C)N(C)C(=O)[C@H](C(C)C)NC(=O)[C@H]([C@@H](C)OCCCCN2CCOCC2)N(C)C(=O)[C@@H](C)N(C)C1=O. The van der Waals surface area contributed by atoms with Crippen molar-refractivity contribution >= 4 is 71.1 Å². The molecule has 0 bridgehead atoms. The molecule has 0 aromatic carbocycles. The van der Waals surface area contributed by atoms with Crippen LogP contribution in [0, 0.1) is 35.5 Å². The number of hydrogen-bond donors (Lipinski definition) is 6. The number of unbranched alkanes of at least 4 members (excludes halogenated alkanes) is 3. The Labute approximate surface area is 603 Å². The first-order valence-corrected chi connectivity index (χ1v) is 36.6. The zero-order valence-electron chi connectivity index (χ0n) is 65.6. The first kappa shape index (κ1) is 90.4. The van der Waals surface area contributed by atoms with Gasteiger partial charge in [0.15, 0.2) is 0 Å². The van der Waals surface area contributed by atoms with Gasteiger partial charge in [-0.05, 0) is 121 Å². The number of hydrogen-bond acceptors (Lipinski definition) is 17. The Bertz CT molecular complexity index is 2710. The highest BCUT2D eigenvalue weighted by molar-refractivity contribution is 6.00. The molecule has 29 nitrogen and oxygen atoms in total. The Morgan fingerprint density at radius 3 is 1.51 bits per heavy atom. The lowest BCUT2D eigenvalue weighted by Crippen LogP contribution is -2.64. The van der Waals surface area contributed by atoms with Crippen LogP contribution in [0.3, 0.4) is 0 Å². The molecule has 2 aliphatic heterocycles. The minimum Gasteiger partial charge on any atom is -0.449 e. The summed E-state index contributed by atoms with van der Waals surface area (Å²) in [5, 5.41) is 26.1. The summed E-state index contributed by atoms with van der Waals surface area (Å²) in [4.78, 5) is 186. The quantitative estimate of drug-likeness (QED) is 0.0756. The van der Waals surface area contributed by atoms with Crippen LogP contribution in [-0.4, -0.2) is 296 Å². The Morgan fingerprint density at radius 2 is 0.990 bits per heavy atom. The average Bonchev–Trinajstić information content (AvgIpc) is 0.819. The van der Waals surface area contributed by atoms with Gasteiger partial charge in [0.05, 0.1) is 32.0 Å². The van der Waals surface area contributed by atoms with Crippen LogP contribution in [0.2, 0.25) is 0 Å². The zero-order chi connectivity index (χ0) is 77.2. The Hall–Kier alpha value is -6.72. The van der Waals surface area contributed by atoms with Gasteiger partial charge in [0.2, 0.25) is 65.0 Å². The lowest BCUT2D eigenvalue weighted by atomic mass is 9.91. The van der Waals surface area contributed by atoms with Crippen LogP contribution in [0.5, 0.6) is 0 Å². The highest BCUT2D eigenvalue weighted by Gasteiger charge is 2.45. The number of amides is 12. The zero-order valence-corrected chi connectivity index (χ0v) is 65.6. The van der Waals surface area contributed by atoms with E-state index < -0.39 is 167 Å². The van der Waals surface area contributed by atoms with Gasteiger partial charge in [0.1, 0.15) is 66.5 Å². The van der Waals surface area contributed by atoms with Crippen LogP contribution in [0.15, 0.2) is 0 Å². The molecule has 101 heavy (non-hydrogen) atoms. The normalized spacial score (nSPS) is 26.4. The number of nitrogens with one attached hydrogen (secondary N) is 5. The lowest BCUT2D eigenvalue weighted by molar-refractivity contribution is -0.154. The fourth-order valence-corrected chi connectivity index (χ4v) is 12.7. The van der Waals surface area contributed by atoms with E-state index >= 15 is 28.8 Å². The molecule has 580 valence electrons. The molecular weight excluding hydrogens is 1300 g/mol. The smallest absolute Gasteiger partial charge is 0.409 e. The predicted octanol–water partition coefficient (Wildman–Crippen LogP) is 3.08. The summed E-state index contributed by atoms with van der Waals surface area (Å²) < 4.78 is 17.1. The number of nitrogens with zero attached hydrogens (tertiary/aromatic N) is 8. The molecule has 0 spiro atoms. The summed E-state index contributed by atoms with van der Waals surface area (Å²) in [6.07, 6.45) is 0.530. The third kappa shape index (κ3) is 27.4. The second-order valence-corrected chi connectivity index (χ2v) is 30.2. The third-order valence-corrected chi connectivity index (χ3v) is 19.3. The van der Waals surface area contributed by atoms with E-state index in [-0.39, 0.29) is 56.7 Å². The first-order chi connectivity index (χ1) is 47.0.